The summed E-state index contributed by atoms with van der Waals surface area (Å²) in [5, 5.41) is 10.8. The van der Waals surface area contributed by atoms with Crippen LogP contribution in [-0.4, -0.2) is 23.8 Å². The Hall–Kier alpha value is -2.46. The van der Waals surface area contributed by atoms with Gasteiger partial charge in [0.1, 0.15) is 0 Å². The van der Waals surface area contributed by atoms with E-state index in [1.54, 1.807) is 0 Å². The van der Waals surface area contributed by atoms with Crippen LogP contribution in [0.1, 0.15) is 22.6 Å². The Kier molecular flexibility index (Phi) is 5.64. The van der Waals surface area contributed by atoms with E-state index in [4.69, 9.17) is 9.47 Å². The number of hydrogen-bond donors (Lipinski definition) is 1. The van der Waals surface area contributed by atoms with Crippen molar-refractivity contribution in [3.63, 3.8) is 0 Å². The van der Waals surface area contributed by atoms with Crippen molar-refractivity contribution in [3.05, 3.63) is 108 Å². The third kappa shape index (κ3) is 4.45. The lowest BCUT2D eigenvalue weighted by molar-refractivity contribution is -0.303. The minimum Gasteiger partial charge on any atom is -0.367 e. The lowest BCUT2D eigenvalue weighted by atomic mass is 9.88. The van der Waals surface area contributed by atoms with Gasteiger partial charge in [0, 0.05) is 6.42 Å². The molecule has 0 aromatic heterocycles. The van der Waals surface area contributed by atoms with E-state index in [1.807, 2.05) is 66.7 Å². The lowest BCUT2D eigenvalue weighted by Crippen LogP contribution is -2.46. The number of benzene rings is 3. The molecule has 4 unspecified atom stereocenters. The molecule has 0 radical (unpaired) electrons. The maximum Gasteiger partial charge on any atom is 0.167 e. The summed E-state index contributed by atoms with van der Waals surface area (Å²) in [6.07, 6.45) is -0.177. The molecule has 0 aliphatic carbocycles. The van der Waals surface area contributed by atoms with Gasteiger partial charge in [0.25, 0.3) is 0 Å². The second-order valence-electron chi connectivity index (χ2n) is 6.95. The Morgan fingerprint density at radius 1 is 0.630 bits per heavy atom. The molecular formula is C24H24O3. The fraction of sp³-hybridized carbons (Fsp3) is 0.250. The number of hydrogen-bond acceptors (Lipinski definition) is 3. The van der Waals surface area contributed by atoms with Crippen molar-refractivity contribution in [2.45, 2.75) is 37.4 Å². The summed E-state index contributed by atoms with van der Waals surface area (Å²) in [7, 11) is 0. The zero-order valence-electron chi connectivity index (χ0n) is 15.1. The van der Waals surface area contributed by atoms with E-state index in [-0.39, 0.29) is 12.0 Å². The molecule has 3 nitrogen and oxygen atoms in total. The SMILES string of the molecule is OC1OC(Cc2ccccc2)OC(Cc2ccccc2)C1c1ccccc1. The van der Waals surface area contributed by atoms with Crippen molar-refractivity contribution in [2.24, 2.45) is 0 Å². The molecule has 0 spiro atoms. The summed E-state index contributed by atoms with van der Waals surface area (Å²) in [5.41, 5.74) is 3.35. The molecule has 1 N–H and O–H groups in total. The highest BCUT2D eigenvalue weighted by molar-refractivity contribution is 5.25. The average molecular weight is 360 g/mol. The first kappa shape index (κ1) is 17.9. The highest BCUT2D eigenvalue weighted by atomic mass is 16.7. The van der Waals surface area contributed by atoms with Crippen LogP contribution in [0.3, 0.4) is 0 Å². The number of aliphatic hydroxyl groups is 1. The van der Waals surface area contributed by atoms with Gasteiger partial charge in [-0.25, -0.2) is 0 Å². The Morgan fingerprint density at radius 2 is 1.15 bits per heavy atom. The van der Waals surface area contributed by atoms with E-state index in [0.717, 1.165) is 17.5 Å². The Labute approximate surface area is 160 Å². The van der Waals surface area contributed by atoms with Crippen LogP contribution in [0.15, 0.2) is 91.0 Å². The lowest BCUT2D eigenvalue weighted by Gasteiger charge is -2.40. The van der Waals surface area contributed by atoms with Crippen molar-refractivity contribution >= 4 is 0 Å². The summed E-state index contributed by atoms with van der Waals surface area (Å²) in [6.45, 7) is 0. The van der Waals surface area contributed by atoms with Gasteiger partial charge in [0.05, 0.1) is 12.0 Å². The smallest absolute Gasteiger partial charge is 0.167 e. The maximum absolute atomic E-state index is 10.8. The molecule has 3 aromatic carbocycles. The Balaban J connectivity index is 1.57. The summed E-state index contributed by atoms with van der Waals surface area (Å²) in [6, 6.07) is 30.4. The van der Waals surface area contributed by atoms with E-state index in [9.17, 15) is 5.11 Å². The molecule has 1 heterocycles. The molecular weight excluding hydrogens is 336 g/mol. The molecule has 1 saturated heterocycles. The third-order valence-electron chi connectivity index (χ3n) is 5.03. The molecule has 138 valence electrons. The van der Waals surface area contributed by atoms with Crippen LogP contribution in [0.2, 0.25) is 0 Å². The van der Waals surface area contributed by atoms with Crippen LogP contribution in [-0.2, 0) is 22.3 Å². The molecule has 4 atom stereocenters. The predicted octanol–water partition coefficient (Wildman–Crippen LogP) is 4.32. The molecule has 0 bridgehead atoms. The zero-order valence-corrected chi connectivity index (χ0v) is 15.1. The Morgan fingerprint density at radius 3 is 1.74 bits per heavy atom. The summed E-state index contributed by atoms with van der Waals surface area (Å²) < 4.78 is 12.2. The van der Waals surface area contributed by atoms with Crippen molar-refractivity contribution in [2.75, 3.05) is 0 Å². The number of ether oxygens (including phenoxy) is 2. The van der Waals surface area contributed by atoms with Crippen LogP contribution in [0, 0.1) is 0 Å². The molecule has 0 saturated carbocycles. The van der Waals surface area contributed by atoms with Crippen molar-refractivity contribution in [1.29, 1.82) is 0 Å². The van der Waals surface area contributed by atoms with Gasteiger partial charge in [-0.1, -0.05) is 91.0 Å². The zero-order chi connectivity index (χ0) is 18.5. The molecule has 1 aliphatic heterocycles. The van der Waals surface area contributed by atoms with Gasteiger partial charge in [0.2, 0.25) is 0 Å². The first-order chi connectivity index (χ1) is 13.3. The molecule has 0 amide bonds. The maximum atomic E-state index is 10.8. The average Bonchev–Trinajstić information content (AvgIpc) is 2.70. The van der Waals surface area contributed by atoms with Crippen LogP contribution in [0.25, 0.3) is 0 Å². The van der Waals surface area contributed by atoms with Crippen molar-refractivity contribution < 1.29 is 14.6 Å². The van der Waals surface area contributed by atoms with E-state index < -0.39 is 12.6 Å². The Bertz CT molecular complexity index is 820. The van der Waals surface area contributed by atoms with E-state index in [1.165, 1.54) is 5.56 Å². The second kappa shape index (κ2) is 8.49. The highest BCUT2D eigenvalue weighted by Crippen LogP contribution is 2.35. The molecule has 3 aromatic rings. The van der Waals surface area contributed by atoms with Crippen LogP contribution in [0.5, 0.6) is 0 Å². The highest BCUT2D eigenvalue weighted by Gasteiger charge is 2.39. The molecule has 1 fully saturated rings. The van der Waals surface area contributed by atoms with Gasteiger partial charge >= 0.3 is 0 Å². The summed E-state index contributed by atoms with van der Waals surface area (Å²) in [5.74, 6) is -0.224. The minimum absolute atomic E-state index is 0.160. The topological polar surface area (TPSA) is 38.7 Å². The largest absolute Gasteiger partial charge is 0.367 e. The fourth-order valence-corrected chi connectivity index (χ4v) is 3.71. The van der Waals surface area contributed by atoms with Gasteiger partial charge in [0.15, 0.2) is 12.6 Å². The predicted molar refractivity (Wildman–Crippen MR) is 105 cm³/mol. The van der Waals surface area contributed by atoms with Gasteiger partial charge < -0.3 is 14.6 Å². The third-order valence-corrected chi connectivity index (χ3v) is 5.03. The van der Waals surface area contributed by atoms with E-state index in [0.29, 0.717) is 6.42 Å². The van der Waals surface area contributed by atoms with Gasteiger partial charge in [-0.2, -0.15) is 0 Å². The molecule has 1 aliphatic rings. The number of rotatable bonds is 5. The van der Waals surface area contributed by atoms with Crippen LogP contribution in [0.4, 0.5) is 0 Å². The minimum atomic E-state index is -0.899. The quantitative estimate of drug-likeness (QED) is 0.737. The molecule has 4 rings (SSSR count). The standard InChI is InChI=1S/C24H24O3/c25-24-23(20-14-8-3-9-15-20)21(16-18-10-4-1-5-11-18)26-22(27-24)17-19-12-6-2-7-13-19/h1-15,21-25H,16-17H2. The van der Waals surface area contributed by atoms with Gasteiger partial charge in [-0.05, 0) is 23.1 Å². The van der Waals surface area contributed by atoms with E-state index in [2.05, 4.69) is 24.3 Å². The summed E-state index contributed by atoms with van der Waals surface area (Å²) >= 11 is 0. The second-order valence-corrected chi connectivity index (χ2v) is 6.95. The normalized spacial score (nSPS) is 25.2. The first-order valence-electron chi connectivity index (χ1n) is 9.41. The van der Waals surface area contributed by atoms with Crippen molar-refractivity contribution in [3.8, 4) is 0 Å². The van der Waals surface area contributed by atoms with E-state index >= 15 is 0 Å². The van der Waals surface area contributed by atoms with Crippen molar-refractivity contribution in [1.82, 2.24) is 0 Å². The number of aliphatic hydroxyl groups excluding tert-OH is 1. The van der Waals surface area contributed by atoms with Gasteiger partial charge in [-0.3, -0.25) is 0 Å². The molecule has 27 heavy (non-hydrogen) atoms. The molecule has 3 heteroatoms. The van der Waals surface area contributed by atoms with Crippen LogP contribution < -0.4 is 0 Å². The van der Waals surface area contributed by atoms with Crippen LogP contribution >= 0.6 is 0 Å². The monoisotopic (exact) mass is 360 g/mol. The summed E-state index contributed by atoms with van der Waals surface area (Å²) in [4.78, 5) is 0. The first-order valence-corrected chi connectivity index (χ1v) is 9.41. The fourth-order valence-electron chi connectivity index (χ4n) is 3.71. The van der Waals surface area contributed by atoms with Gasteiger partial charge in [-0.15, -0.1) is 0 Å².